The van der Waals surface area contributed by atoms with Crippen LogP contribution >= 0.6 is 0 Å². The topological polar surface area (TPSA) is 64.2 Å². The molecule has 100 valence electrons. The molecule has 1 fully saturated rings. The van der Waals surface area contributed by atoms with Crippen molar-refractivity contribution >= 4 is 5.91 Å². The Balaban J connectivity index is 1.75. The van der Waals surface area contributed by atoms with Crippen LogP contribution in [0, 0.1) is 6.92 Å². The number of nitrogens with zero attached hydrogens (tertiary/aromatic N) is 4. The highest BCUT2D eigenvalue weighted by Crippen LogP contribution is 2.22. The highest BCUT2D eigenvalue weighted by molar-refractivity contribution is 5.93. The van der Waals surface area contributed by atoms with Gasteiger partial charge in [0.2, 0.25) is 0 Å². The fourth-order valence-electron chi connectivity index (χ4n) is 2.51. The molecular formula is C13H16N4O2. The highest BCUT2D eigenvalue weighted by Gasteiger charge is 2.27. The molecule has 0 saturated carbocycles. The quantitative estimate of drug-likeness (QED) is 0.823. The standard InChI is InChI=1S/C13H16N4O2/c1-10-12(14-9-19-10)13(18)16-6-2-4-11(8-16)17-7-3-5-15-17/h3,5,7,9,11H,2,4,6,8H2,1H3/t11-/m0/s1. The molecule has 0 spiro atoms. The first-order valence-electron chi connectivity index (χ1n) is 6.44. The first-order valence-corrected chi connectivity index (χ1v) is 6.44. The summed E-state index contributed by atoms with van der Waals surface area (Å²) in [6, 6.07) is 2.16. The van der Waals surface area contributed by atoms with Gasteiger partial charge in [0.15, 0.2) is 12.1 Å². The summed E-state index contributed by atoms with van der Waals surface area (Å²) in [6.45, 7) is 3.20. The van der Waals surface area contributed by atoms with Crippen LogP contribution in [0.5, 0.6) is 0 Å². The molecule has 6 heteroatoms. The summed E-state index contributed by atoms with van der Waals surface area (Å²) in [5.74, 6) is 0.523. The van der Waals surface area contributed by atoms with Crippen molar-refractivity contribution < 1.29 is 9.21 Å². The van der Waals surface area contributed by atoms with Crippen LogP contribution < -0.4 is 0 Å². The minimum atomic E-state index is -0.0527. The molecule has 2 aromatic heterocycles. The van der Waals surface area contributed by atoms with E-state index in [1.54, 1.807) is 13.1 Å². The van der Waals surface area contributed by atoms with Crippen LogP contribution in [-0.2, 0) is 0 Å². The molecule has 1 aliphatic heterocycles. The average Bonchev–Trinajstić information content (AvgIpc) is 3.09. The molecular weight excluding hydrogens is 244 g/mol. The smallest absolute Gasteiger partial charge is 0.276 e. The number of piperidine rings is 1. The Labute approximate surface area is 111 Å². The lowest BCUT2D eigenvalue weighted by atomic mass is 10.1. The number of amides is 1. The van der Waals surface area contributed by atoms with Crippen molar-refractivity contribution in [2.75, 3.05) is 13.1 Å². The predicted octanol–water partition coefficient (Wildman–Crippen LogP) is 1.66. The van der Waals surface area contributed by atoms with E-state index < -0.39 is 0 Å². The first-order chi connectivity index (χ1) is 9.25. The number of likely N-dealkylation sites (tertiary alicyclic amines) is 1. The van der Waals surface area contributed by atoms with Crippen molar-refractivity contribution in [3.8, 4) is 0 Å². The zero-order chi connectivity index (χ0) is 13.2. The van der Waals surface area contributed by atoms with Gasteiger partial charge in [0.1, 0.15) is 5.76 Å². The minimum absolute atomic E-state index is 0.0527. The number of hydrogen-bond acceptors (Lipinski definition) is 4. The largest absolute Gasteiger partial charge is 0.448 e. The summed E-state index contributed by atoms with van der Waals surface area (Å²) in [7, 11) is 0. The predicted molar refractivity (Wildman–Crippen MR) is 67.6 cm³/mol. The van der Waals surface area contributed by atoms with Crippen molar-refractivity contribution in [1.29, 1.82) is 0 Å². The van der Waals surface area contributed by atoms with Gasteiger partial charge < -0.3 is 9.32 Å². The van der Waals surface area contributed by atoms with Gasteiger partial charge in [-0.05, 0) is 25.8 Å². The first kappa shape index (κ1) is 12.0. The lowest BCUT2D eigenvalue weighted by molar-refractivity contribution is 0.0666. The number of aryl methyl sites for hydroxylation is 1. The second-order valence-corrected chi connectivity index (χ2v) is 4.79. The van der Waals surface area contributed by atoms with E-state index in [1.165, 1.54) is 6.39 Å². The molecule has 0 unspecified atom stereocenters. The van der Waals surface area contributed by atoms with Gasteiger partial charge in [-0.2, -0.15) is 5.10 Å². The van der Waals surface area contributed by atoms with Gasteiger partial charge in [-0.25, -0.2) is 4.98 Å². The summed E-state index contributed by atoms with van der Waals surface area (Å²) >= 11 is 0. The molecule has 0 N–H and O–H groups in total. The van der Waals surface area contributed by atoms with E-state index in [0.29, 0.717) is 18.0 Å². The molecule has 19 heavy (non-hydrogen) atoms. The van der Waals surface area contributed by atoms with Gasteiger partial charge in [0.05, 0.1) is 6.04 Å². The summed E-state index contributed by atoms with van der Waals surface area (Å²) in [4.78, 5) is 18.2. The molecule has 6 nitrogen and oxygen atoms in total. The van der Waals surface area contributed by atoms with Crippen molar-refractivity contribution in [3.05, 3.63) is 36.3 Å². The maximum atomic E-state index is 12.4. The summed E-state index contributed by atoms with van der Waals surface area (Å²) in [5, 5.41) is 4.26. The summed E-state index contributed by atoms with van der Waals surface area (Å²) in [6.07, 6.45) is 7.05. The lowest BCUT2D eigenvalue weighted by Gasteiger charge is -2.32. The zero-order valence-corrected chi connectivity index (χ0v) is 10.8. The maximum Gasteiger partial charge on any atom is 0.276 e. The van der Waals surface area contributed by atoms with E-state index in [0.717, 1.165) is 19.4 Å². The van der Waals surface area contributed by atoms with Crippen LogP contribution in [0.25, 0.3) is 0 Å². The average molecular weight is 260 g/mol. The van der Waals surface area contributed by atoms with Gasteiger partial charge >= 0.3 is 0 Å². The van der Waals surface area contributed by atoms with Crippen LogP contribution in [0.3, 0.4) is 0 Å². The van der Waals surface area contributed by atoms with Gasteiger partial charge in [0.25, 0.3) is 5.91 Å². The van der Waals surface area contributed by atoms with Crippen LogP contribution in [0.1, 0.15) is 35.1 Å². The number of carbonyl (C=O) groups is 1. The molecule has 1 aliphatic rings. The Bertz CT molecular complexity index is 561. The minimum Gasteiger partial charge on any atom is -0.448 e. The van der Waals surface area contributed by atoms with Crippen LogP contribution in [-0.4, -0.2) is 38.7 Å². The Kier molecular flexibility index (Phi) is 3.06. The fourth-order valence-corrected chi connectivity index (χ4v) is 2.51. The highest BCUT2D eigenvalue weighted by atomic mass is 16.3. The molecule has 0 bridgehead atoms. The Morgan fingerprint density at radius 2 is 2.42 bits per heavy atom. The Hall–Kier alpha value is -2.11. The van der Waals surface area contributed by atoms with E-state index in [9.17, 15) is 4.79 Å². The second kappa shape index (κ2) is 4.87. The van der Waals surface area contributed by atoms with E-state index in [-0.39, 0.29) is 11.9 Å². The van der Waals surface area contributed by atoms with Crippen molar-refractivity contribution in [2.24, 2.45) is 0 Å². The third kappa shape index (κ3) is 2.25. The van der Waals surface area contributed by atoms with Crippen LogP contribution in [0.15, 0.2) is 29.3 Å². The molecule has 3 rings (SSSR count). The molecule has 1 amide bonds. The van der Waals surface area contributed by atoms with Crippen molar-refractivity contribution in [3.63, 3.8) is 0 Å². The van der Waals surface area contributed by atoms with Gasteiger partial charge in [0, 0.05) is 25.5 Å². The molecule has 0 aliphatic carbocycles. The molecule has 1 atom stereocenters. The zero-order valence-electron chi connectivity index (χ0n) is 10.8. The third-order valence-corrected chi connectivity index (χ3v) is 3.53. The number of carbonyl (C=O) groups excluding carboxylic acids is 1. The fraction of sp³-hybridized carbons (Fsp3) is 0.462. The normalized spacial score (nSPS) is 19.6. The van der Waals surface area contributed by atoms with Crippen LogP contribution in [0.2, 0.25) is 0 Å². The maximum absolute atomic E-state index is 12.4. The molecule has 2 aromatic rings. The van der Waals surface area contributed by atoms with Crippen molar-refractivity contribution in [2.45, 2.75) is 25.8 Å². The Morgan fingerprint density at radius 1 is 1.53 bits per heavy atom. The number of aromatic nitrogens is 3. The molecule has 1 saturated heterocycles. The molecule has 0 aromatic carbocycles. The van der Waals surface area contributed by atoms with Gasteiger partial charge in [-0.1, -0.05) is 0 Å². The summed E-state index contributed by atoms with van der Waals surface area (Å²) < 4.78 is 7.03. The monoisotopic (exact) mass is 260 g/mol. The number of rotatable bonds is 2. The van der Waals surface area contributed by atoms with E-state index in [1.807, 2.05) is 21.8 Å². The van der Waals surface area contributed by atoms with E-state index >= 15 is 0 Å². The third-order valence-electron chi connectivity index (χ3n) is 3.53. The number of hydrogen-bond donors (Lipinski definition) is 0. The number of oxazole rings is 1. The Morgan fingerprint density at radius 3 is 3.11 bits per heavy atom. The SMILES string of the molecule is Cc1ocnc1C(=O)N1CCC[C@H](n2cccn2)C1. The van der Waals surface area contributed by atoms with Crippen LogP contribution in [0.4, 0.5) is 0 Å². The summed E-state index contributed by atoms with van der Waals surface area (Å²) in [5.41, 5.74) is 0.418. The van der Waals surface area contributed by atoms with Crippen molar-refractivity contribution in [1.82, 2.24) is 19.7 Å². The van der Waals surface area contributed by atoms with Gasteiger partial charge in [-0.3, -0.25) is 9.48 Å². The lowest BCUT2D eigenvalue weighted by Crippen LogP contribution is -2.41. The second-order valence-electron chi connectivity index (χ2n) is 4.79. The van der Waals surface area contributed by atoms with E-state index in [4.69, 9.17) is 4.42 Å². The molecule has 0 radical (unpaired) electrons. The molecule has 3 heterocycles. The van der Waals surface area contributed by atoms with E-state index in [2.05, 4.69) is 10.1 Å². The van der Waals surface area contributed by atoms with Gasteiger partial charge in [-0.15, -0.1) is 0 Å².